The van der Waals surface area contributed by atoms with E-state index < -0.39 is 8.32 Å². The van der Waals surface area contributed by atoms with E-state index in [9.17, 15) is 4.79 Å². The van der Waals surface area contributed by atoms with Crippen LogP contribution in [-0.2, 0) is 11.0 Å². The van der Waals surface area contributed by atoms with Crippen molar-refractivity contribution >= 4 is 14.6 Å². The van der Waals surface area contributed by atoms with Gasteiger partial charge in [0.25, 0.3) is 0 Å². The maximum absolute atomic E-state index is 10.8. The molecular formula is C14H23NO2Si. The fraction of sp³-hybridized carbons (Fsp3) is 0.571. The Morgan fingerprint density at radius 1 is 1.33 bits per heavy atom. The monoisotopic (exact) mass is 265 g/mol. The van der Waals surface area contributed by atoms with Gasteiger partial charge in [-0.1, -0.05) is 20.8 Å². The van der Waals surface area contributed by atoms with Crippen molar-refractivity contribution in [2.75, 3.05) is 0 Å². The lowest BCUT2D eigenvalue weighted by Gasteiger charge is -2.36. The molecule has 0 saturated carbocycles. The van der Waals surface area contributed by atoms with Crippen molar-refractivity contribution in [3.8, 4) is 0 Å². The summed E-state index contributed by atoms with van der Waals surface area (Å²) in [4.78, 5) is 15.0. The first-order valence-electron chi connectivity index (χ1n) is 6.22. The standard InChI is InChI=1S/C14H23NO2Si/c1-11-7-12(9-16)15-13(8-11)10-17-18(5,6)14(2,3)4/h7-9H,10H2,1-6H3. The fourth-order valence-electron chi connectivity index (χ4n) is 1.37. The molecular weight excluding hydrogens is 242 g/mol. The van der Waals surface area contributed by atoms with Crippen LogP contribution in [0.3, 0.4) is 0 Å². The number of hydrogen-bond acceptors (Lipinski definition) is 3. The van der Waals surface area contributed by atoms with Crippen LogP contribution in [0, 0.1) is 6.92 Å². The molecule has 0 N–H and O–H groups in total. The summed E-state index contributed by atoms with van der Waals surface area (Å²) < 4.78 is 6.09. The van der Waals surface area contributed by atoms with Gasteiger partial charge in [-0.15, -0.1) is 0 Å². The van der Waals surface area contributed by atoms with E-state index in [1.54, 1.807) is 6.07 Å². The average molecular weight is 265 g/mol. The lowest BCUT2D eigenvalue weighted by molar-refractivity contribution is 0.111. The number of rotatable bonds is 4. The second-order valence-corrected chi connectivity index (χ2v) is 11.0. The van der Waals surface area contributed by atoms with E-state index in [1.165, 1.54) is 0 Å². The third-order valence-electron chi connectivity index (χ3n) is 3.55. The Labute approximate surface area is 111 Å². The number of aldehydes is 1. The summed E-state index contributed by atoms with van der Waals surface area (Å²) in [5, 5.41) is 0.185. The Morgan fingerprint density at radius 3 is 2.44 bits per heavy atom. The van der Waals surface area contributed by atoms with Gasteiger partial charge in [0.2, 0.25) is 0 Å². The molecule has 3 nitrogen and oxygen atoms in total. The molecule has 0 unspecified atom stereocenters. The smallest absolute Gasteiger partial charge is 0.192 e. The zero-order chi connectivity index (χ0) is 14.0. The number of carbonyl (C=O) groups is 1. The van der Waals surface area contributed by atoms with Gasteiger partial charge in [-0.25, -0.2) is 4.98 Å². The van der Waals surface area contributed by atoms with Gasteiger partial charge < -0.3 is 4.43 Å². The lowest BCUT2D eigenvalue weighted by Crippen LogP contribution is -2.40. The predicted molar refractivity (Wildman–Crippen MR) is 76.3 cm³/mol. The number of carbonyl (C=O) groups excluding carboxylic acids is 1. The van der Waals surface area contributed by atoms with Crippen molar-refractivity contribution in [3.63, 3.8) is 0 Å². The Hall–Kier alpha value is -1.00. The van der Waals surface area contributed by atoms with Gasteiger partial charge >= 0.3 is 0 Å². The number of nitrogens with zero attached hydrogens (tertiary/aromatic N) is 1. The van der Waals surface area contributed by atoms with E-state index in [2.05, 4.69) is 38.8 Å². The molecule has 0 aliphatic heterocycles. The third kappa shape index (κ3) is 3.75. The molecule has 1 aromatic rings. The quantitative estimate of drug-likeness (QED) is 0.615. The minimum Gasteiger partial charge on any atom is -0.411 e. The van der Waals surface area contributed by atoms with Crippen LogP contribution in [0.2, 0.25) is 18.1 Å². The van der Waals surface area contributed by atoms with Crippen LogP contribution in [0.5, 0.6) is 0 Å². The topological polar surface area (TPSA) is 39.2 Å². The number of pyridine rings is 1. The summed E-state index contributed by atoms with van der Waals surface area (Å²) in [6.07, 6.45) is 0.781. The second-order valence-electron chi connectivity index (χ2n) is 6.23. The van der Waals surface area contributed by atoms with E-state index >= 15 is 0 Å². The zero-order valence-corrected chi connectivity index (χ0v) is 13.2. The number of aryl methyl sites for hydroxylation is 1. The highest BCUT2D eigenvalue weighted by atomic mass is 28.4. The van der Waals surface area contributed by atoms with Crippen LogP contribution in [0.25, 0.3) is 0 Å². The summed E-state index contributed by atoms with van der Waals surface area (Å²) in [5.74, 6) is 0. The Morgan fingerprint density at radius 2 is 1.94 bits per heavy atom. The van der Waals surface area contributed by atoms with E-state index in [4.69, 9.17) is 4.43 Å². The molecule has 0 bridgehead atoms. The van der Waals surface area contributed by atoms with Crippen LogP contribution < -0.4 is 0 Å². The predicted octanol–water partition coefficient (Wildman–Crippen LogP) is 3.72. The summed E-state index contributed by atoms with van der Waals surface area (Å²) >= 11 is 0. The van der Waals surface area contributed by atoms with E-state index in [0.717, 1.165) is 17.5 Å². The van der Waals surface area contributed by atoms with Gasteiger partial charge in [-0.2, -0.15) is 0 Å². The van der Waals surface area contributed by atoms with Gasteiger partial charge in [0.05, 0.1) is 12.3 Å². The Balaban J connectivity index is 2.81. The molecule has 0 spiro atoms. The first kappa shape index (κ1) is 15.1. The van der Waals surface area contributed by atoms with Crippen LogP contribution in [0.4, 0.5) is 0 Å². The van der Waals surface area contributed by atoms with Gasteiger partial charge in [-0.3, -0.25) is 4.79 Å². The van der Waals surface area contributed by atoms with Crippen LogP contribution in [0.1, 0.15) is 42.5 Å². The maximum atomic E-state index is 10.8. The maximum Gasteiger partial charge on any atom is 0.192 e. The van der Waals surface area contributed by atoms with E-state index in [-0.39, 0.29) is 5.04 Å². The molecule has 1 heterocycles. The van der Waals surface area contributed by atoms with Crippen molar-refractivity contribution in [1.29, 1.82) is 0 Å². The highest BCUT2D eigenvalue weighted by Gasteiger charge is 2.37. The lowest BCUT2D eigenvalue weighted by atomic mass is 10.2. The van der Waals surface area contributed by atoms with Crippen LogP contribution in [0.15, 0.2) is 12.1 Å². The summed E-state index contributed by atoms with van der Waals surface area (Å²) in [6, 6.07) is 3.75. The highest BCUT2D eigenvalue weighted by Crippen LogP contribution is 2.36. The molecule has 0 aliphatic rings. The van der Waals surface area contributed by atoms with Gasteiger partial charge in [-0.05, 0) is 42.8 Å². The Bertz CT molecular complexity index is 436. The molecule has 0 radical (unpaired) electrons. The van der Waals surface area contributed by atoms with Crippen LogP contribution >= 0.6 is 0 Å². The average Bonchev–Trinajstić information content (AvgIpc) is 2.24. The molecule has 18 heavy (non-hydrogen) atoms. The van der Waals surface area contributed by atoms with Gasteiger partial charge in [0.1, 0.15) is 5.69 Å². The van der Waals surface area contributed by atoms with Crippen molar-refractivity contribution in [2.45, 2.75) is 52.4 Å². The van der Waals surface area contributed by atoms with Crippen molar-refractivity contribution in [1.82, 2.24) is 4.98 Å². The molecule has 1 rings (SSSR count). The molecule has 0 atom stereocenters. The van der Waals surface area contributed by atoms with Gasteiger partial charge in [0.15, 0.2) is 14.6 Å². The molecule has 0 aromatic carbocycles. The molecule has 0 saturated heterocycles. The first-order valence-corrected chi connectivity index (χ1v) is 9.13. The molecule has 100 valence electrons. The van der Waals surface area contributed by atoms with Crippen molar-refractivity contribution in [3.05, 3.63) is 29.1 Å². The number of hydrogen-bond donors (Lipinski definition) is 0. The van der Waals surface area contributed by atoms with Gasteiger partial charge in [0, 0.05) is 0 Å². The van der Waals surface area contributed by atoms with E-state index in [0.29, 0.717) is 12.3 Å². The Kier molecular flexibility index (Phi) is 4.45. The van der Waals surface area contributed by atoms with Crippen molar-refractivity contribution < 1.29 is 9.22 Å². The first-order chi connectivity index (χ1) is 8.15. The normalized spacial score (nSPS) is 12.6. The fourth-order valence-corrected chi connectivity index (χ4v) is 2.32. The molecule has 1 aromatic heterocycles. The largest absolute Gasteiger partial charge is 0.411 e. The minimum atomic E-state index is -1.76. The summed E-state index contributed by atoms with van der Waals surface area (Å²) in [5.41, 5.74) is 2.35. The number of aromatic nitrogens is 1. The second kappa shape index (κ2) is 5.32. The summed E-state index contributed by atoms with van der Waals surface area (Å²) in [7, 11) is -1.76. The van der Waals surface area contributed by atoms with Crippen LogP contribution in [-0.4, -0.2) is 19.6 Å². The zero-order valence-electron chi connectivity index (χ0n) is 12.2. The minimum absolute atomic E-state index is 0.185. The molecule has 0 fully saturated rings. The molecule has 0 aliphatic carbocycles. The highest BCUT2D eigenvalue weighted by molar-refractivity contribution is 6.74. The van der Waals surface area contributed by atoms with E-state index in [1.807, 2.05) is 13.0 Å². The van der Waals surface area contributed by atoms with Crippen molar-refractivity contribution in [2.24, 2.45) is 0 Å². The molecule has 0 amide bonds. The third-order valence-corrected chi connectivity index (χ3v) is 8.03. The summed E-state index contributed by atoms with van der Waals surface area (Å²) in [6.45, 7) is 13.5. The molecule has 4 heteroatoms. The SMILES string of the molecule is Cc1cc(C=O)nc(CO[Si](C)(C)C(C)(C)C)c1.